The second-order valence-corrected chi connectivity index (χ2v) is 7.49. The van der Waals surface area contributed by atoms with Gasteiger partial charge in [-0.3, -0.25) is 14.6 Å². The highest BCUT2D eigenvalue weighted by Gasteiger charge is 2.30. The molecule has 0 aromatic heterocycles. The van der Waals surface area contributed by atoms with E-state index >= 15 is 0 Å². The zero-order valence-corrected chi connectivity index (χ0v) is 15.9. The maximum Gasteiger partial charge on any atom is 0.317 e. The van der Waals surface area contributed by atoms with Gasteiger partial charge in [-0.2, -0.15) is 0 Å². The van der Waals surface area contributed by atoms with Gasteiger partial charge < -0.3 is 5.11 Å². The number of hydrogen-bond acceptors (Lipinski definition) is 3. The van der Waals surface area contributed by atoms with Crippen LogP contribution in [0.4, 0.5) is 0 Å². The average molecular weight is 403 g/mol. The Labute approximate surface area is 157 Å². The molecule has 5 heteroatoms. The Morgan fingerprint density at radius 2 is 1.88 bits per heavy atom. The van der Waals surface area contributed by atoms with Gasteiger partial charge in [0.25, 0.3) is 0 Å². The van der Waals surface area contributed by atoms with Gasteiger partial charge in [0.2, 0.25) is 0 Å². The summed E-state index contributed by atoms with van der Waals surface area (Å²) in [6.07, 6.45) is 0. The van der Waals surface area contributed by atoms with E-state index in [1.165, 1.54) is 11.1 Å². The minimum atomic E-state index is -0.758. The van der Waals surface area contributed by atoms with E-state index in [9.17, 15) is 4.79 Å². The molecule has 1 aliphatic heterocycles. The van der Waals surface area contributed by atoms with E-state index in [-0.39, 0.29) is 18.6 Å². The monoisotopic (exact) mass is 402 g/mol. The first-order chi connectivity index (χ1) is 12.0. The van der Waals surface area contributed by atoms with Crippen LogP contribution in [0.5, 0.6) is 0 Å². The summed E-state index contributed by atoms with van der Waals surface area (Å²) in [6, 6.07) is 19.3. The fourth-order valence-corrected chi connectivity index (χ4v) is 4.01. The normalized spacial score (nSPS) is 20.3. The van der Waals surface area contributed by atoms with Crippen molar-refractivity contribution in [1.82, 2.24) is 9.80 Å². The van der Waals surface area contributed by atoms with Crippen LogP contribution in [-0.4, -0.2) is 53.1 Å². The van der Waals surface area contributed by atoms with Gasteiger partial charge >= 0.3 is 5.97 Å². The number of halogens is 1. The van der Waals surface area contributed by atoms with Crippen LogP contribution in [0, 0.1) is 0 Å². The number of piperazine rings is 1. The highest BCUT2D eigenvalue weighted by atomic mass is 79.9. The maximum atomic E-state index is 11.0. The molecule has 0 aliphatic carbocycles. The summed E-state index contributed by atoms with van der Waals surface area (Å²) < 4.78 is 1.07. The summed E-state index contributed by atoms with van der Waals surface area (Å²) in [5.74, 6) is -0.758. The molecule has 1 heterocycles. The van der Waals surface area contributed by atoms with E-state index < -0.39 is 5.97 Å². The van der Waals surface area contributed by atoms with Crippen molar-refractivity contribution >= 4 is 21.9 Å². The zero-order chi connectivity index (χ0) is 17.8. The summed E-state index contributed by atoms with van der Waals surface area (Å²) in [4.78, 5) is 15.6. The molecule has 25 heavy (non-hydrogen) atoms. The van der Waals surface area contributed by atoms with Gasteiger partial charge in [0.05, 0.1) is 12.6 Å². The lowest BCUT2D eigenvalue weighted by atomic mass is 9.95. The van der Waals surface area contributed by atoms with E-state index in [0.717, 1.165) is 24.1 Å². The SMILES string of the molecule is CC1CN(C(c2ccccc2)c2cccc(Br)c2)CCN1CC(=O)O. The van der Waals surface area contributed by atoms with Gasteiger partial charge in [0, 0.05) is 30.1 Å². The first-order valence-corrected chi connectivity index (χ1v) is 9.34. The molecule has 2 aromatic rings. The molecule has 132 valence electrons. The molecule has 0 spiro atoms. The molecule has 3 rings (SSSR count). The van der Waals surface area contributed by atoms with Crippen molar-refractivity contribution in [2.24, 2.45) is 0 Å². The molecule has 0 radical (unpaired) electrons. The fraction of sp³-hybridized carbons (Fsp3) is 0.350. The number of benzene rings is 2. The Morgan fingerprint density at radius 3 is 2.52 bits per heavy atom. The van der Waals surface area contributed by atoms with Crippen molar-refractivity contribution in [3.63, 3.8) is 0 Å². The molecule has 1 fully saturated rings. The minimum absolute atomic E-state index is 0.113. The Kier molecular flexibility index (Phi) is 5.89. The third-order valence-corrected chi connectivity index (χ3v) is 5.27. The van der Waals surface area contributed by atoms with Crippen LogP contribution in [0.1, 0.15) is 24.1 Å². The van der Waals surface area contributed by atoms with Gasteiger partial charge in [-0.25, -0.2) is 0 Å². The summed E-state index contributed by atoms with van der Waals surface area (Å²) in [5.41, 5.74) is 2.51. The van der Waals surface area contributed by atoms with Gasteiger partial charge in [-0.15, -0.1) is 0 Å². The van der Waals surface area contributed by atoms with Crippen LogP contribution in [0.25, 0.3) is 0 Å². The average Bonchev–Trinajstić information content (AvgIpc) is 2.58. The summed E-state index contributed by atoms with van der Waals surface area (Å²) in [6.45, 7) is 4.69. The third-order valence-electron chi connectivity index (χ3n) is 4.78. The van der Waals surface area contributed by atoms with E-state index in [2.05, 4.69) is 70.2 Å². The van der Waals surface area contributed by atoms with Crippen molar-refractivity contribution in [3.8, 4) is 0 Å². The van der Waals surface area contributed by atoms with Crippen molar-refractivity contribution < 1.29 is 9.90 Å². The Hall–Kier alpha value is -1.69. The van der Waals surface area contributed by atoms with Crippen molar-refractivity contribution in [2.45, 2.75) is 19.0 Å². The quantitative estimate of drug-likeness (QED) is 0.828. The van der Waals surface area contributed by atoms with Gasteiger partial charge in [-0.1, -0.05) is 58.4 Å². The lowest BCUT2D eigenvalue weighted by Crippen LogP contribution is -2.54. The van der Waals surface area contributed by atoms with Crippen LogP contribution in [0.15, 0.2) is 59.1 Å². The summed E-state index contributed by atoms with van der Waals surface area (Å²) >= 11 is 3.58. The predicted molar refractivity (Wildman–Crippen MR) is 103 cm³/mol. The van der Waals surface area contributed by atoms with Crippen LogP contribution >= 0.6 is 15.9 Å². The van der Waals surface area contributed by atoms with Crippen molar-refractivity contribution in [2.75, 3.05) is 26.2 Å². The number of nitrogens with zero attached hydrogens (tertiary/aromatic N) is 2. The fourth-order valence-electron chi connectivity index (χ4n) is 3.59. The summed E-state index contributed by atoms with van der Waals surface area (Å²) in [5, 5.41) is 9.08. The topological polar surface area (TPSA) is 43.8 Å². The lowest BCUT2D eigenvalue weighted by molar-refractivity contribution is -0.139. The van der Waals surface area contributed by atoms with E-state index in [4.69, 9.17) is 5.11 Å². The second kappa shape index (κ2) is 8.13. The summed E-state index contributed by atoms with van der Waals surface area (Å²) in [7, 11) is 0. The second-order valence-electron chi connectivity index (χ2n) is 6.58. The number of aliphatic carboxylic acids is 1. The number of carboxylic acids is 1. The number of carbonyl (C=O) groups is 1. The molecular formula is C20H23BrN2O2. The molecule has 1 N–H and O–H groups in total. The molecular weight excluding hydrogens is 380 g/mol. The van der Waals surface area contributed by atoms with Gasteiger partial charge in [0.1, 0.15) is 0 Å². The molecule has 1 aliphatic rings. The highest BCUT2D eigenvalue weighted by molar-refractivity contribution is 9.10. The number of carboxylic acid groups (broad SMARTS) is 1. The Balaban J connectivity index is 1.87. The van der Waals surface area contributed by atoms with E-state index in [1.807, 2.05) is 17.0 Å². The Morgan fingerprint density at radius 1 is 1.16 bits per heavy atom. The van der Waals surface area contributed by atoms with Crippen LogP contribution in [-0.2, 0) is 4.79 Å². The molecule has 2 unspecified atom stereocenters. The van der Waals surface area contributed by atoms with Gasteiger partial charge in [0.15, 0.2) is 0 Å². The molecule has 0 amide bonds. The largest absolute Gasteiger partial charge is 0.480 e. The standard InChI is InChI=1S/C20H23BrN2O2/c1-15-13-23(11-10-22(15)14-19(24)25)20(16-6-3-2-4-7-16)17-8-5-9-18(21)12-17/h2-9,12,15,20H,10-11,13-14H2,1H3,(H,24,25). The molecule has 0 bridgehead atoms. The first-order valence-electron chi connectivity index (χ1n) is 8.55. The van der Waals surface area contributed by atoms with Gasteiger partial charge in [-0.05, 0) is 30.2 Å². The lowest BCUT2D eigenvalue weighted by Gasteiger charge is -2.43. The zero-order valence-electron chi connectivity index (χ0n) is 14.3. The molecule has 1 saturated heterocycles. The molecule has 4 nitrogen and oxygen atoms in total. The third kappa shape index (κ3) is 4.48. The molecule has 2 atom stereocenters. The molecule has 2 aromatic carbocycles. The molecule has 0 saturated carbocycles. The number of hydrogen-bond donors (Lipinski definition) is 1. The predicted octanol–water partition coefficient (Wildman–Crippen LogP) is 3.63. The maximum absolute atomic E-state index is 11.0. The van der Waals surface area contributed by atoms with Crippen LogP contribution in [0.2, 0.25) is 0 Å². The Bertz CT molecular complexity index is 723. The van der Waals surface area contributed by atoms with E-state index in [1.54, 1.807) is 0 Å². The van der Waals surface area contributed by atoms with Crippen molar-refractivity contribution in [3.05, 3.63) is 70.2 Å². The number of rotatable bonds is 5. The minimum Gasteiger partial charge on any atom is -0.480 e. The first kappa shape index (κ1) is 18.1. The van der Waals surface area contributed by atoms with E-state index in [0.29, 0.717) is 0 Å². The van der Waals surface area contributed by atoms with Crippen molar-refractivity contribution in [1.29, 1.82) is 0 Å². The van der Waals surface area contributed by atoms with Crippen LogP contribution in [0.3, 0.4) is 0 Å². The van der Waals surface area contributed by atoms with Crippen LogP contribution < -0.4 is 0 Å². The highest BCUT2D eigenvalue weighted by Crippen LogP contribution is 2.31. The smallest absolute Gasteiger partial charge is 0.317 e.